The van der Waals surface area contributed by atoms with E-state index < -0.39 is 0 Å². The number of allylic oxidation sites excluding steroid dienone is 2. The van der Waals surface area contributed by atoms with Crippen LogP contribution in [0, 0.1) is 0 Å². The molecule has 0 N–H and O–H groups in total. The lowest BCUT2D eigenvalue weighted by Crippen LogP contribution is -1.68. The summed E-state index contributed by atoms with van der Waals surface area (Å²) in [6, 6.07) is 0. The number of hydrogen-bond donors (Lipinski definition) is 0. The first-order chi connectivity index (χ1) is 2.50. The minimum absolute atomic E-state index is 0. The van der Waals surface area contributed by atoms with Crippen LogP contribution in [-0.4, -0.2) is 0 Å². The summed E-state index contributed by atoms with van der Waals surface area (Å²) < 4.78 is 0. The maximum absolute atomic E-state index is 3.72. The van der Waals surface area contributed by atoms with Gasteiger partial charge in [0.2, 0.25) is 0 Å². The van der Waals surface area contributed by atoms with E-state index in [9.17, 15) is 0 Å². The Labute approximate surface area is 36.9 Å². The zero-order chi connectivity index (χ0) is 3.54. The minimum Gasteiger partial charge on any atom is -0.265 e. The third-order valence-corrected chi connectivity index (χ3v) is 0.455. The molecule has 0 atom stereocenters. The van der Waals surface area contributed by atoms with Crippen LogP contribution in [0.3, 0.4) is 0 Å². The van der Waals surface area contributed by atoms with E-state index in [0.717, 1.165) is 0 Å². The van der Waals surface area contributed by atoms with Crippen LogP contribution < -0.4 is 5.32 Å². The molecule has 0 aromatic heterocycles. The SMILES string of the molecule is C1=C[N]C=C1.[H+].[H+].[H+].[H+]. The second-order valence-electron chi connectivity index (χ2n) is 0.832. The maximum atomic E-state index is 3.72. The molecule has 25 valence electrons. The molecular weight excluding hydrogens is 62.1 g/mol. The Balaban J connectivity index is -0.0000000312. The van der Waals surface area contributed by atoms with Gasteiger partial charge in [0.25, 0.3) is 0 Å². The van der Waals surface area contributed by atoms with Crippen LogP contribution >= 0.6 is 0 Å². The van der Waals surface area contributed by atoms with Crippen molar-refractivity contribution in [1.82, 2.24) is 5.32 Å². The van der Waals surface area contributed by atoms with Gasteiger partial charge < -0.3 is 0 Å². The van der Waals surface area contributed by atoms with Gasteiger partial charge in [-0.25, -0.2) is 0 Å². The third-order valence-electron chi connectivity index (χ3n) is 0.455. The topological polar surface area (TPSA) is 14.1 Å². The van der Waals surface area contributed by atoms with Gasteiger partial charge in [0.1, 0.15) is 0 Å². The van der Waals surface area contributed by atoms with Gasteiger partial charge in [-0.05, 0) is 12.2 Å². The molecule has 1 aliphatic heterocycles. The van der Waals surface area contributed by atoms with Crippen LogP contribution in [-0.2, 0) is 0 Å². The van der Waals surface area contributed by atoms with E-state index in [0.29, 0.717) is 0 Å². The highest BCUT2D eigenvalue weighted by Crippen LogP contribution is 1.80. The summed E-state index contributed by atoms with van der Waals surface area (Å²) in [5.41, 5.74) is 0. The van der Waals surface area contributed by atoms with E-state index in [1.54, 1.807) is 12.4 Å². The zero-order valence-electron chi connectivity index (χ0n) is 6.76. The molecule has 0 bridgehead atoms. The first-order valence-corrected chi connectivity index (χ1v) is 1.52. The maximum Gasteiger partial charge on any atom is 1.00 e. The van der Waals surface area contributed by atoms with Gasteiger partial charge in [-0.15, -0.1) is 0 Å². The van der Waals surface area contributed by atoms with Crippen molar-refractivity contribution in [3.8, 4) is 0 Å². The standard InChI is InChI=1S/C4H4N/c1-2-4-5-3-1/h1-4H/p+4. The van der Waals surface area contributed by atoms with Crippen molar-refractivity contribution >= 4 is 0 Å². The predicted molar refractivity (Wildman–Crippen MR) is 24.9 cm³/mol. The Morgan fingerprint density at radius 1 is 1.20 bits per heavy atom. The molecule has 0 amide bonds. The fourth-order valence-corrected chi connectivity index (χ4v) is 0.248. The van der Waals surface area contributed by atoms with Gasteiger partial charge in [0, 0.05) is 12.4 Å². The summed E-state index contributed by atoms with van der Waals surface area (Å²) in [7, 11) is 0. The Kier molecular flexibility index (Phi) is 0.468. The van der Waals surface area contributed by atoms with Gasteiger partial charge in [-0.2, -0.15) is 0 Å². The molecule has 0 aromatic carbocycles. The van der Waals surface area contributed by atoms with Gasteiger partial charge in [0.05, 0.1) is 0 Å². The third kappa shape index (κ3) is 0.293. The van der Waals surface area contributed by atoms with E-state index in [1.165, 1.54) is 0 Å². The van der Waals surface area contributed by atoms with E-state index in [1.807, 2.05) is 12.2 Å². The molecule has 1 aliphatic rings. The van der Waals surface area contributed by atoms with Crippen LogP contribution in [0.5, 0.6) is 0 Å². The molecule has 1 rings (SSSR count). The average molecular weight is 70.1 g/mol. The molecule has 5 heavy (non-hydrogen) atoms. The zero-order valence-corrected chi connectivity index (χ0v) is 2.76. The molecule has 0 aromatic rings. The molecule has 0 fully saturated rings. The van der Waals surface area contributed by atoms with Crippen molar-refractivity contribution in [1.29, 1.82) is 0 Å². The second-order valence-corrected chi connectivity index (χ2v) is 0.832. The first-order valence-electron chi connectivity index (χ1n) is 1.52. The fourth-order valence-electron chi connectivity index (χ4n) is 0.248. The minimum atomic E-state index is 0. The highest BCUT2D eigenvalue weighted by atomic mass is 14.8. The van der Waals surface area contributed by atoms with Crippen LogP contribution in [0.2, 0.25) is 0 Å². The fraction of sp³-hybridized carbons (Fsp3) is 0. The lowest BCUT2D eigenvalue weighted by atomic mass is 10.6. The highest BCUT2D eigenvalue weighted by molar-refractivity contribution is 5.08. The van der Waals surface area contributed by atoms with Gasteiger partial charge in [-0.1, -0.05) is 0 Å². The van der Waals surface area contributed by atoms with Gasteiger partial charge >= 0.3 is 5.71 Å². The predicted octanol–water partition coefficient (Wildman–Crippen LogP) is 1.08. The molecule has 1 heteroatoms. The summed E-state index contributed by atoms with van der Waals surface area (Å²) in [5.74, 6) is 0. The summed E-state index contributed by atoms with van der Waals surface area (Å²) in [6.07, 6.45) is 7.28. The molecule has 0 aliphatic carbocycles. The monoisotopic (exact) mass is 70.1 g/mol. The van der Waals surface area contributed by atoms with Crippen LogP contribution in [0.1, 0.15) is 5.71 Å². The van der Waals surface area contributed by atoms with E-state index in [2.05, 4.69) is 5.32 Å². The summed E-state index contributed by atoms with van der Waals surface area (Å²) >= 11 is 0. The molecular formula is C4H8N+4. The number of hydrogen-bond acceptors (Lipinski definition) is 0. The van der Waals surface area contributed by atoms with E-state index in [-0.39, 0.29) is 5.71 Å². The van der Waals surface area contributed by atoms with Crippen molar-refractivity contribution in [2.45, 2.75) is 0 Å². The van der Waals surface area contributed by atoms with Crippen molar-refractivity contribution < 1.29 is 5.71 Å². The molecule has 0 saturated heterocycles. The molecule has 1 radical (unpaired) electrons. The van der Waals surface area contributed by atoms with E-state index >= 15 is 0 Å². The molecule has 0 unspecified atom stereocenters. The molecule has 1 heterocycles. The van der Waals surface area contributed by atoms with Crippen LogP contribution in [0.25, 0.3) is 0 Å². The second kappa shape index (κ2) is 0.931. The van der Waals surface area contributed by atoms with Gasteiger partial charge in [-0.3, -0.25) is 5.32 Å². The van der Waals surface area contributed by atoms with Crippen molar-refractivity contribution in [3.63, 3.8) is 0 Å². The Hall–Kier alpha value is -0.720. The molecule has 1 nitrogen and oxygen atoms in total. The van der Waals surface area contributed by atoms with Gasteiger partial charge in [0.15, 0.2) is 0 Å². The summed E-state index contributed by atoms with van der Waals surface area (Å²) in [5, 5.41) is 3.72. The Morgan fingerprint density at radius 3 is 2.00 bits per heavy atom. The van der Waals surface area contributed by atoms with Crippen molar-refractivity contribution in [2.24, 2.45) is 0 Å². The summed E-state index contributed by atoms with van der Waals surface area (Å²) in [6.45, 7) is 0. The first kappa shape index (κ1) is 2.51. The van der Waals surface area contributed by atoms with Crippen LogP contribution in [0.4, 0.5) is 0 Å². The summed E-state index contributed by atoms with van der Waals surface area (Å²) in [4.78, 5) is 0. The quantitative estimate of drug-likeness (QED) is 0.405. The Bertz CT molecular complexity index is 70.6. The normalized spacial score (nSPS) is 16.0. The van der Waals surface area contributed by atoms with Crippen molar-refractivity contribution in [3.05, 3.63) is 24.6 Å². The average Bonchev–Trinajstić information content (AvgIpc) is 1.76. The smallest absolute Gasteiger partial charge is 0.265 e. The van der Waals surface area contributed by atoms with E-state index in [4.69, 9.17) is 0 Å². The molecule has 0 saturated carbocycles. The van der Waals surface area contributed by atoms with Crippen molar-refractivity contribution in [2.75, 3.05) is 0 Å². The lowest BCUT2D eigenvalue weighted by Gasteiger charge is -1.63. The molecule has 0 spiro atoms. The number of nitrogens with zero attached hydrogens (tertiary/aromatic N) is 1. The van der Waals surface area contributed by atoms with Crippen LogP contribution in [0.15, 0.2) is 24.6 Å². The highest BCUT2D eigenvalue weighted by Gasteiger charge is 1.71. The largest absolute Gasteiger partial charge is 1.00 e. The lowest BCUT2D eigenvalue weighted by molar-refractivity contribution is 1.21. The Morgan fingerprint density at radius 2 is 1.80 bits per heavy atom. The number of rotatable bonds is 0.